The summed E-state index contributed by atoms with van der Waals surface area (Å²) in [5.41, 5.74) is 0.956. The maximum atomic E-state index is 12.8. The lowest BCUT2D eigenvalue weighted by atomic mass is 10.2. The number of aryl methyl sites for hydroxylation is 1. The Kier molecular flexibility index (Phi) is 5.76. The molecule has 132 valence electrons. The number of halogens is 2. The van der Waals surface area contributed by atoms with Gasteiger partial charge in [-0.1, -0.05) is 42.1 Å². The zero-order chi connectivity index (χ0) is 17.8. The number of aromatic nitrogens is 2. The maximum absolute atomic E-state index is 12.8. The van der Waals surface area contributed by atoms with Crippen LogP contribution in [0.15, 0.2) is 24.3 Å². The molecular formula is C18H20Cl2N4O. The van der Waals surface area contributed by atoms with E-state index in [9.17, 15) is 4.79 Å². The molecule has 2 aromatic rings. The standard InChI is InChI=1S/C18H20Cl2N4O/c1-12-21-15(18(25)24-9-4-2-3-5-10-24)11-16(22-12)23-17-13(19)7-6-8-14(17)20/h6-8,11H,2-5,9-10H2,1H3,(H,21,22,23). The van der Waals surface area contributed by atoms with Crippen LogP contribution in [0.3, 0.4) is 0 Å². The monoisotopic (exact) mass is 378 g/mol. The normalized spacial score (nSPS) is 14.9. The first-order valence-corrected chi connectivity index (χ1v) is 9.16. The second kappa shape index (κ2) is 8.02. The lowest BCUT2D eigenvalue weighted by Gasteiger charge is -2.20. The van der Waals surface area contributed by atoms with Crippen LogP contribution >= 0.6 is 23.2 Å². The number of carbonyl (C=O) groups excluding carboxylic acids is 1. The fourth-order valence-corrected chi connectivity index (χ4v) is 3.41. The van der Waals surface area contributed by atoms with Gasteiger partial charge in [-0.3, -0.25) is 4.79 Å². The van der Waals surface area contributed by atoms with Gasteiger partial charge in [-0.15, -0.1) is 0 Å². The molecular weight excluding hydrogens is 359 g/mol. The van der Waals surface area contributed by atoms with Crippen molar-refractivity contribution >= 4 is 40.6 Å². The Balaban J connectivity index is 1.86. The number of hydrogen-bond acceptors (Lipinski definition) is 4. The number of carbonyl (C=O) groups is 1. The molecule has 0 saturated carbocycles. The topological polar surface area (TPSA) is 58.1 Å². The zero-order valence-corrected chi connectivity index (χ0v) is 15.6. The molecule has 1 amide bonds. The van der Waals surface area contributed by atoms with Crippen molar-refractivity contribution in [3.05, 3.63) is 45.8 Å². The zero-order valence-electron chi connectivity index (χ0n) is 14.1. The third-order valence-electron chi connectivity index (χ3n) is 4.17. The molecule has 3 rings (SSSR count). The van der Waals surface area contributed by atoms with Crippen molar-refractivity contribution in [2.24, 2.45) is 0 Å². The highest BCUT2D eigenvalue weighted by atomic mass is 35.5. The number of amides is 1. The minimum Gasteiger partial charge on any atom is -0.338 e. The van der Waals surface area contributed by atoms with Crippen LogP contribution in [0, 0.1) is 6.92 Å². The fraction of sp³-hybridized carbons (Fsp3) is 0.389. The average Bonchev–Trinajstić information content (AvgIpc) is 2.86. The van der Waals surface area contributed by atoms with Gasteiger partial charge in [0.25, 0.3) is 5.91 Å². The smallest absolute Gasteiger partial charge is 0.272 e. The van der Waals surface area contributed by atoms with Crippen LogP contribution in [0.2, 0.25) is 10.0 Å². The van der Waals surface area contributed by atoms with Gasteiger partial charge in [-0.2, -0.15) is 0 Å². The average molecular weight is 379 g/mol. The first-order valence-electron chi connectivity index (χ1n) is 8.40. The number of rotatable bonds is 3. The summed E-state index contributed by atoms with van der Waals surface area (Å²) in [6.45, 7) is 3.32. The summed E-state index contributed by atoms with van der Waals surface area (Å²) >= 11 is 12.4. The molecule has 1 saturated heterocycles. The van der Waals surface area contributed by atoms with Crippen LogP contribution in [0.1, 0.15) is 42.0 Å². The van der Waals surface area contributed by atoms with Gasteiger partial charge in [0.2, 0.25) is 0 Å². The molecule has 0 spiro atoms. The van der Waals surface area contributed by atoms with Crippen LogP contribution in [-0.2, 0) is 0 Å². The van der Waals surface area contributed by atoms with Crippen LogP contribution < -0.4 is 5.32 Å². The van der Waals surface area contributed by atoms with E-state index in [1.165, 1.54) is 12.8 Å². The molecule has 7 heteroatoms. The third-order valence-corrected chi connectivity index (χ3v) is 4.80. The van der Waals surface area contributed by atoms with Gasteiger partial charge in [0.05, 0.1) is 15.7 Å². The number of para-hydroxylation sites is 1. The van der Waals surface area contributed by atoms with Crippen molar-refractivity contribution in [1.82, 2.24) is 14.9 Å². The molecule has 0 aliphatic carbocycles. The second-order valence-electron chi connectivity index (χ2n) is 6.11. The summed E-state index contributed by atoms with van der Waals surface area (Å²) in [6.07, 6.45) is 4.42. The van der Waals surface area contributed by atoms with Crippen molar-refractivity contribution in [2.75, 3.05) is 18.4 Å². The Morgan fingerprint density at radius 2 is 1.72 bits per heavy atom. The number of hydrogen-bond donors (Lipinski definition) is 1. The van der Waals surface area contributed by atoms with Crippen LogP contribution in [0.5, 0.6) is 0 Å². The van der Waals surface area contributed by atoms with Gasteiger partial charge >= 0.3 is 0 Å². The Labute approximate surface area is 157 Å². The van der Waals surface area contributed by atoms with E-state index in [0.717, 1.165) is 25.9 Å². The van der Waals surface area contributed by atoms with Gasteiger partial charge in [0.1, 0.15) is 17.3 Å². The molecule has 1 aromatic heterocycles. The van der Waals surface area contributed by atoms with Gasteiger partial charge < -0.3 is 10.2 Å². The highest BCUT2D eigenvalue weighted by molar-refractivity contribution is 6.39. The molecule has 1 aliphatic rings. The van der Waals surface area contributed by atoms with Crippen molar-refractivity contribution in [3.63, 3.8) is 0 Å². The second-order valence-corrected chi connectivity index (χ2v) is 6.93. The number of anilines is 2. The molecule has 0 unspecified atom stereocenters. The van der Waals surface area contributed by atoms with E-state index < -0.39 is 0 Å². The van der Waals surface area contributed by atoms with E-state index in [4.69, 9.17) is 23.2 Å². The molecule has 0 bridgehead atoms. The molecule has 1 N–H and O–H groups in total. The molecule has 1 aliphatic heterocycles. The summed E-state index contributed by atoms with van der Waals surface area (Å²) in [6, 6.07) is 6.91. The van der Waals surface area contributed by atoms with E-state index in [2.05, 4.69) is 15.3 Å². The van der Waals surface area contributed by atoms with E-state index in [1.54, 1.807) is 31.2 Å². The summed E-state index contributed by atoms with van der Waals surface area (Å²) in [4.78, 5) is 23.3. The van der Waals surface area contributed by atoms with Crippen molar-refractivity contribution in [3.8, 4) is 0 Å². The minimum absolute atomic E-state index is 0.0549. The van der Waals surface area contributed by atoms with Crippen molar-refractivity contribution in [2.45, 2.75) is 32.6 Å². The van der Waals surface area contributed by atoms with Crippen molar-refractivity contribution < 1.29 is 4.79 Å². The summed E-state index contributed by atoms with van der Waals surface area (Å²) in [7, 11) is 0. The minimum atomic E-state index is -0.0549. The predicted molar refractivity (Wildman–Crippen MR) is 101 cm³/mol. The lowest BCUT2D eigenvalue weighted by Crippen LogP contribution is -2.32. The first-order chi connectivity index (χ1) is 12.0. The van der Waals surface area contributed by atoms with E-state index in [1.807, 2.05) is 4.90 Å². The molecule has 1 aromatic carbocycles. The van der Waals surface area contributed by atoms with Crippen molar-refractivity contribution in [1.29, 1.82) is 0 Å². The number of nitrogens with one attached hydrogen (secondary N) is 1. The number of likely N-dealkylation sites (tertiary alicyclic amines) is 1. The van der Waals surface area contributed by atoms with Crippen LogP contribution in [-0.4, -0.2) is 33.9 Å². The van der Waals surface area contributed by atoms with Gasteiger partial charge in [-0.05, 0) is 31.9 Å². The Morgan fingerprint density at radius 3 is 2.36 bits per heavy atom. The highest BCUT2D eigenvalue weighted by Crippen LogP contribution is 2.32. The van der Waals surface area contributed by atoms with E-state index in [0.29, 0.717) is 33.1 Å². The number of benzene rings is 1. The molecule has 0 atom stereocenters. The van der Waals surface area contributed by atoms with E-state index >= 15 is 0 Å². The van der Waals surface area contributed by atoms with Crippen LogP contribution in [0.25, 0.3) is 0 Å². The van der Waals surface area contributed by atoms with Gasteiger partial charge in [0, 0.05) is 19.2 Å². The Bertz CT molecular complexity index is 753. The van der Waals surface area contributed by atoms with Crippen LogP contribution in [0.4, 0.5) is 11.5 Å². The van der Waals surface area contributed by atoms with Gasteiger partial charge in [-0.25, -0.2) is 9.97 Å². The Morgan fingerprint density at radius 1 is 1.08 bits per heavy atom. The summed E-state index contributed by atoms with van der Waals surface area (Å²) in [5.74, 6) is 0.965. The van der Waals surface area contributed by atoms with E-state index in [-0.39, 0.29) is 5.91 Å². The summed E-state index contributed by atoms with van der Waals surface area (Å²) in [5, 5.41) is 4.09. The third kappa shape index (κ3) is 4.41. The maximum Gasteiger partial charge on any atom is 0.272 e. The summed E-state index contributed by atoms with van der Waals surface area (Å²) < 4.78 is 0. The predicted octanol–water partition coefficient (Wildman–Crippen LogP) is 4.85. The lowest BCUT2D eigenvalue weighted by molar-refractivity contribution is 0.0755. The molecule has 5 nitrogen and oxygen atoms in total. The fourth-order valence-electron chi connectivity index (χ4n) is 2.92. The van der Waals surface area contributed by atoms with Gasteiger partial charge in [0.15, 0.2) is 0 Å². The molecule has 2 heterocycles. The molecule has 0 radical (unpaired) electrons. The Hall–Kier alpha value is -1.85. The SMILES string of the molecule is Cc1nc(Nc2c(Cl)cccc2Cl)cc(C(=O)N2CCCCCC2)n1. The largest absolute Gasteiger partial charge is 0.338 e. The highest BCUT2D eigenvalue weighted by Gasteiger charge is 2.20. The number of nitrogens with zero attached hydrogens (tertiary/aromatic N) is 3. The molecule has 25 heavy (non-hydrogen) atoms. The quantitative estimate of drug-likeness (QED) is 0.828. The first kappa shape index (κ1) is 18.0. The molecule has 1 fully saturated rings.